The predicted molar refractivity (Wildman–Crippen MR) is 34.8 cm³/mol. The van der Waals surface area contributed by atoms with Crippen LogP contribution in [-0.4, -0.2) is 53.6 Å². The molecule has 1 aliphatic rings. The molecular weight excluding hydrogens is 152 g/mol. The van der Waals surface area contributed by atoms with Crippen LogP contribution in [0.3, 0.4) is 0 Å². The second-order valence-corrected chi connectivity index (χ2v) is 2.44. The summed E-state index contributed by atoms with van der Waals surface area (Å²) < 4.78 is 9.59. The fourth-order valence-corrected chi connectivity index (χ4v) is 1.06. The summed E-state index contributed by atoms with van der Waals surface area (Å²) in [6.07, 6.45) is -3.71. The molecule has 11 heavy (non-hydrogen) atoms. The number of rotatable bonds is 2. The van der Waals surface area contributed by atoms with Gasteiger partial charge in [-0.05, 0) is 0 Å². The highest BCUT2D eigenvalue weighted by Gasteiger charge is 2.42. The molecule has 1 rings (SSSR count). The highest BCUT2D eigenvalue weighted by molar-refractivity contribution is 4.85. The molecular formula is C6H12O5. The summed E-state index contributed by atoms with van der Waals surface area (Å²) in [6.45, 7) is -0.321. The van der Waals surface area contributed by atoms with Crippen molar-refractivity contribution in [2.24, 2.45) is 0 Å². The van der Waals surface area contributed by atoms with E-state index in [1.54, 1.807) is 0 Å². The number of aliphatic hydroxyl groups is 3. The Morgan fingerprint density at radius 3 is 2.27 bits per heavy atom. The van der Waals surface area contributed by atoms with Crippen LogP contribution in [0.2, 0.25) is 0 Å². The van der Waals surface area contributed by atoms with Crippen LogP contribution in [0.15, 0.2) is 0 Å². The Kier molecular flexibility index (Phi) is 2.80. The first-order valence-electron chi connectivity index (χ1n) is 3.36. The van der Waals surface area contributed by atoms with Gasteiger partial charge in [-0.2, -0.15) is 0 Å². The highest BCUT2D eigenvalue weighted by Crippen LogP contribution is 2.20. The third kappa shape index (κ3) is 1.52. The molecule has 3 N–H and O–H groups in total. The quantitative estimate of drug-likeness (QED) is 0.443. The molecule has 1 heterocycles. The van der Waals surface area contributed by atoms with Crippen LogP contribution in [0, 0.1) is 0 Å². The van der Waals surface area contributed by atoms with Gasteiger partial charge < -0.3 is 24.8 Å². The van der Waals surface area contributed by atoms with Crippen LogP contribution >= 0.6 is 0 Å². The second-order valence-electron chi connectivity index (χ2n) is 2.44. The molecule has 66 valence electrons. The summed E-state index contributed by atoms with van der Waals surface area (Å²) >= 11 is 0. The number of hydrogen-bond acceptors (Lipinski definition) is 5. The predicted octanol–water partition coefficient (Wildman–Crippen LogP) is -1.93. The van der Waals surface area contributed by atoms with E-state index in [1.165, 1.54) is 7.11 Å². The van der Waals surface area contributed by atoms with Gasteiger partial charge in [-0.1, -0.05) is 0 Å². The van der Waals surface area contributed by atoms with Gasteiger partial charge in [-0.25, -0.2) is 0 Å². The molecule has 0 unspecified atom stereocenters. The number of aliphatic hydroxyl groups excluding tert-OH is 3. The fraction of sp³-hybridized carbons (Fsp3) is 1.00. The van der Waals surface area contributed by atoms with Crippen LogP contribution in [0.5, 0.6) is 0 Å². The third-order valence-electron chi connectivity index (χ3n) is 1.73. The number of hydrogen-bond donors (Lipinski definition) is 3. The molecule has 0 saturated carbocycles. The van der Waals surface area contributed by atoms with Crippen molar-refractivity contribution in [3.05, 3.63) is 0 Å². The van der Waals surface area contributed by atoms with Gasteiger partial charge in [0.15, 0.2) is 6.29 Å². The maximum atomic E-state index is 9.15. The number of methoxy groups -OCH3 is 1. The summed E-state index contributed by atoms with van der Waals surface area (Å²) in [5.74, 6) is 0. The first-order valence-corrected chi connectivity index (χ1v) is 3.36. The molecule has 0 aromatic heterocycles. The first kappa shape index (κ1) is 8.89. The first-order chi connectivity index (χ1) is 5.20. The van der Waals surface area contributed by atoms with Gasteiger partial charge in [-0.15, -0.1) is 0 Å². The molecule has 1 fully saturated rings. The van der Waals surface area contributed by atoms with Crippen LogP contribution in [-0.2, 0) is 9.47 Å². The normalized spacial score (nSPS) is 44.7. The molecule has 1 saturated heterocycles. The van der Waals surface area contributed by atoms with Crippen molar-refractivity contribution in [3.8, 4) is 0 Å². The van der Waals surface area contributed by atoms with E-state index in [1.807, 2.05) is 0 Å². The molecule has 5 heteroatoms. The molecule has 5 nitrogen and oxygen atoms in total. The molecule has 1 aliphatic heterocycles. The van der Waals surface area contributed by atoms with Gasteiger partial charge in [0.05, 0.1) is 6.61 Å². The van der Waals surface area contributed by atoms with Gasteiger partial charge in [0, 0.05) is 7.11 Å². The molecule has 0 aliphatic carbocycles. The van der Waals surface area contributed by atoms with Crippen LogP contribution in [0.25, 0.3) is 0 Å². The maximum absolute atomic E-state index is 9.15. The van der Waals surface area contributed by atoms with Crippen molar-refractivity contribution in [1.29, 1.82) is 0 Å². The van der Waals surface area contributed by atoms with E-state index in [2.05, 4.69) is 4.74 Å². The average Bonchev–Trinajstić information content (AvgIpc) is 2.30. The number of ether oxygens (including phenoxy) is 2. The lowest BCUT2D eigenvalue weighted by molar-refractivity contribution is -0.153. The summed E-state index contributed by atoms with van der Waals surface area (Å²) in [4.78, 5) is 0. The van der Waals surface area contributed by atoms with Crippen LogP contribution < -0.4 is 0 Å². The Balaban J connectivity index is 2.53. The SMILES string of the molecule is CO[C@@H]1O[C@H](CO)[C@H](O)[C@H]1O. The van der Waals surface area contributed by atoms with Crippen molar-refractivity contribution in [1.82, 2.24) is 0 Å². The lowest BCUT2D eigenvalue weighted by Crippen LogP contribution is -2.34. The van der Waals surface area contributed by atoms with E-state index in [-0.39, 0.29) is 6.61 Å². The Morgan fingerprint density at radius 1 is 1.36 bits per heavy atom. The molecule has 0 spiro atoms. The fourth-order valence-electron chi connectivity index (χ4n) is 1.06. The highest BCUT2D eigenvalue weighted by atomic mass is 16.7. The maximum Gasteiger partial charge on any atom is 0.186 e. The van der Waals surface area contributed by atoms with Gasteiger partial charge >= 0.3 is 0 Å². The Bertz CT molecular complexity index is 110. The Morgan fingerprint density at radius 2 is 2.00 bits per heavy atom. The van der Waals surface area contributed by atoms with E-state index in [0.717, 1.165) is 0 Å². The minimum Gasteiger partial charge on any atom is -0.394 e. The van der Waals surface area contributed by atoms with E-state index in [0.29, 0.717) is 0 Å². The van der Waals surface area contributed by atoms with Crippen molar-refractivity contribution in [3.63, 3.8) is 0 Å². The minimum atomic E-state index is -1.07. The van der Waals surface area contributed by atoms with E-state index in [9.17, 15) is 0 Å². The lowest BCUT2D eigenvalue weighted by atomic mass is 10.1. The van der Waals surface area contributed by atoms with Crippen molar-refractivity contribution in [2.75, 3.05) is 13.7 Å². The second kappa shape index (κ2) is 3.46. The van der Waals surface area contributed by atoms with Crippen LogP contribution in [0.4, 0.5) is 0 Å². The van der Waals surface area contributed by atoms with E-state index in [4.69, 9.17) is 20.1 Å². The van der Waals surface area contributed by atoms with Gasteiger partial charge in [-0.3, -0.25) is 0 Å². The summed E-state index contributed by atoms with van der Waals surface area (Å²) in [6, 6.07) is 0. The summed E-state index contributed by atoms with van der Waals surface area (Å²) in [5, 5.41) is 26.9. The molecule has 0 bridgehead atoms. The zero-order chi connectivity index (χ0) is 8.43. The van der Waals surface area contributed by atoms with Crippen molar-refractivity contribution in [2.45, 2.75) is 24.6 Å². The zero-order valence-corrected chi connectivity index (χ0v) is 6.17. The molecule has 0 aromatic rings. The van der Waals surface area contributed by atoms with E-state index >= 15 is 0 Å². The monoisotopic (exact) mass is 164 g/mol. The largest absolute Gasteiger partial charge is 0.394 e. The smallest absolute Gasteiger partial charge is 0.186 e. The third-order valence-corrected chi connectivity index (χ3v) is 1.73. The summed E-state index contributed by atoms with van der Waals surface area (Å²) in [7, 11) is 1.36. The summed E-state index contributed by atoms with van der Waals surface area (Å²) in [5.41, 5.74) is 0. The molecule has 0 aromatic carbocycles. The average molecular weight is 164 g/mol. The molecule has 4 atom stereocenters. The van der Waals surface area contributed by atoms with Crippen LogP contribution in [0.1, 0.15) is 0 Å². The van der Waals surface area contributed by atoms with E-state index < -0.39 is 24.6 Å². The Hall–Kier alpha value is -0.200. The molecule has 0 amide bonds. The van der Waals surface area contributed by atoms with Crippen molar-refractivity contribution >= 4 is 0 Å². The Labute approximate surface area is 64.2 Å². The van der Waals surface area contributed by atoms with Gasteiger partial charge in [0.25, 0.3) is 0 Å². The topological polar surface area (TPSA) is 79.2 Å². The van der Waals surface area contributed by atoms with Gasteiger partial charge in [0.1, 0.15) is 18.3 Å². The van der Waals surface area contributed by atoms with Crippen molar-refractivity contribution < 1.29 is 24.8 Å². The van der Waals surface area contributed by atoms with Gasteiger partial charge in [0.2, 0.25) is 0 Å². The molecule has 0 radical (unpaired) electrons. The minimum absolute atomic E-state index is 0.321. The standard InChI is InChI=1S/C6H12O5/c1-10-6-5(9)4(8)3(2-7)11-6/h3-9H,2H2,1H3/t3-,4+,5-,6-/m1/s1. The zero-order valence-electron chi connectivity index (χ0n) is 6.17. The lowest BCUT2D eigenvalue weighted by Gasteiger charge is -2.11.